The average molecular weight is 435 g/mol. The molecule has 0 fully saturated rings. The Kier molecular flexibility index (Phi) is 26.1. The fourth-order valence-electron chi connectivity index (χ4n) is 4.02. The Morgan fingerprint density at radius 3 is 1.26 bits per heavy atom. The van der Waals surface area contributed by atoms with E-state index in [-0.39, 0.29) is 0 Å². The van der Waals surface area contributed by atoms with Gasteiger partial charge in [-0.1, -0.05) is 140 Å². The minimum absolute atomic E-state index is 0.342. The fraction of sp³-hybridized carbons (Fsp3) is 0.828. The Morgan fingerprint density at radius 1 is 0.516 bits per heavy atom. The molecule has 0 rings (SSSR count). The van der Waals surface area contributed by atoms with Gasteiger partial charge < -0.3 is 5.11 Å². The van der Waals surface area contributed by atoms with Crippen LogP contribution in [0.3, 0.4) is 0 Å². The van der Waals surface area contributed by atoms with E-state index < -0.39 is 5.97 Å². The smallest absolute Gasteiger partial charge is 0.303 e. The van der Waals surface area contributed by atoms with Crippen LogP contribution in [0.4, 0.5) is 0 Å². The third kappa shape index (κ3) is 28.9. The van der Waals surface area contributed by atoms with Crippen LogP contribution in [0, 0.1) is 0 Å². The standard InChI is InChI=1S/C29H54O2/c1-2-3-4-5-6-7-8-9-10-11-12-13-14-15-16-17-18-19-20-21-22-23-24-25-26-27-28-29(30)31/h5-6,8-9H,2-4,7,10-28H2,1H3,(H,30,31). The van der Waals surface area contributed by atoms with Crippen LogP contribution in [-0.2, 0) is 4.79 Å². The minimum Gasteiger partial charge on any atom is -0.481 e. The third-order valence-corrected chi connectivity index (χ3v) is 6.09. The molecule has 2 heteroatoms. The number of allylic oxidation sites excluding steroid dienone is 4. The predicted molar refractivity (Wildman–Crippen MR) is 138 cm³/mol. The van der Waals surface area contributed by atoms with Crippen molar-refractivity contribution in [1.29, 1.82) is 0 Å². The van der Waals surface area contributed by atoms with Crippen molar-refractivity contribution in [2.45, 2.75) is 155 Å². The highest BCUT2D eigenvalue weighted by Crippen LogP contribution is 2.14. The summed E-state index contributed by atoms with van der Waals surface area (Å²) < 4.78 is 0. The second-order valence-corrected chi connectivity index (χ2v) is 9.26. The lowest BCUT2D eigenvalue weighted by Gasteiger charge is -2.03. The average Bonchev–Trinajstić information content (AvgIpc) is 2.76. The molecule has 31 heavy (non-hydrogen) atoms. The van der Waals surface area contributed by atoms with Gasteiger partial charge in [0.1, 0.15) is 0 Å². The van der Waals surface area contributed by atoms with Gasteiger partial charge in [0.15, 0.2) is 0 Å². The quantitative estimate of drug-likeness (QED) is 0.115. The van der Waals surface area contributed by atoms with Crippen LogP contribution >= 0.6 is 0 Å². The van der Waals surface area contributed by atoms with Crippen LogP contribution in [0.5, 0.6) is 0 Å². The van der Waals surface area contributed by atoms with Crippen molar-refractivity contribution in [3.8, 4) is 0 Å². The Hall–Kier alpha value is -1.05. The van der Waals surface area contributed by atoms with Crippen LogP contribution in [0.2, 0.25) is 0 Å². The summed E-state index contributed by atoms with van der Waals surface area (Å²) in [5.74, 6) is -0.653. The lowest BCUT2D eigenvalue weighted by molar-refractivity contribution is -0.137. The number of carboxylic acids is 1. The lowest BCUT2D eigenvalue weighted by Crippen LogP contribution is -1.93. The molecule has 2 nitrogen and oxygen atoms in total. The van der Waals surface area contributed by atoms with Crippen LogP contribution < -0.4 is 0 Å². The Labute approximate surface area is 195 Å². The lowest BCUT2D eigenvalue weighted by atomic mass is 10.0. The maximum atomic E-state index is 10.4. The third-order valence-electron chi connectivity index (χ3n) is 6.09. The van der Waals surface area contributed by atoms with E-state index in [1.807, 2.05) is 0 Å². The molecule has 0 bridgehead atoms. The van der Waals surface area contributed by atoms with Crippen molar-refractivity contribution in [1.82, 2.24) is 0 Å². The molecule has 0 aromatic heterocycles. The molecule has 182 valence electrons. The van der Waals surface area contributed by atoms with Gasteiger partial charge in [-0.15, -0.1) is 0 Å². The Bertz CT molecular complexity index is 411. The van der Waals surface area contributed by atoms with Crippen molar-refractivity contribution in [2.75, 3.05) is 0 Å². The van der Waals surface area contributed by atoms with Gasteiger partial charge in [-0.25, -0.2) is 0 Å². The van der Waals surface area contributed by atoms with E-state index in [0.29, 0.717) is 6.42 Å². The molecule has 1 N–H and O–H groups in total. The normalized spacial score (nSPS) is 11.8. The number of hydrogen-bond donors (Lipinski definition) is 1. The molecule has 0 aliphatic carbocycles. The molecule has 0 aromatic rings. The van der Waals surface area contributed by atoms with E-state index in [9.17, 15) is 4.79 Å². The fourth-order valence-corrected chi connectivity index (χ4v) is 4.02. The van der Waals surface area contributed by atoms with E-state index in [1.54, 1.807) is 0 Å². The summed E-state index contributed by atoms with van der Waals surface area (Å²) >= 11 is 0. The van der Waals surface area contributed by atoms with E-state index in [0.717, 1.165) is 19.3 Å². The summed E-state index contributed by atoms with van der Waals surface area (Å²) in [6.07, 6.45) is 38.5. The minimum atomic E-state index is -0.653. The van der Waals surface area contributed by atoms with Crippen LogP contribution in [0.1, 0.15) is 155 Å². The van der Waals surface area contributed by atoms with Crippen molar-refractivity contribution >= 4 is 5.97 Å². The van der Waals surface area contributed by atoms with E-state index in [1.165, 1.54) is 122 Å². The summed E-state index contributed by atoms with van der Waals surface area (Å²) in [6.45, 7) is 2.25. The first kappa shape index (κ1) is 29.9. The second kappa shape index (κ2) is 27.0. The van der Waals surface area contributed by atoms with Crippen molar-refractivity contribution in [3.05, 3.63) is 24.3 Å². The van der Waals surface area contributed by atoms with Gasteiger partial charge >= 0.3 is 5.97 Å². The number of aliphatic carboxylic acids is 1. The maximum Gasteiger partial charge on any atom is 0.303 e. The zero-order chi connectivity index (χ0) is 22.7. The summed E-state index contributed by atoms with van der Waals surface area (Å²) in [7, 11) is 0. The summed E-state index contributed by atoms with van der Waals surface area (Å²) in [5.41, 5.74) is 0. The first-order chi connectivity index (χ1) is 15.3. The molecule has 0 saturated carbocycles. The maximum absolute atomic E-state index is 10.4. The molecule has 0 radical (unpaired) electrons. The van der Waals surface area contributed by atoms with E-state index >= 15 is 0 Å². The summed E-state index contributed by atoms with van der Waals surface area (Å²) in [6, 6.07) is 0. The molecule has 0 amide bonds. The number of rotatable bonds is 25. The second-order valence-electron chi connectivity index (χ2n) is 9.26. The Morgan fingerprint density at radius 2 is 0.871 bits per heavy atom. The molecule has 0 aliphatic heterocycles. The van der Waals surface area contributed by atoms with Gasteiger partial charge in [0, 0.05) is 6.42 Å². The highest BCUT2D eigenvalue weighted by Gasteiger charge is 1.97. The molecular formula is C29H54O2. The SMILES string of the molecule is CCCCC=CCC=CCCCCCCCCCCCCCCCCCCCC(=O)O. The van der Waals surface area contributed by atoms with Gasteiger partial charge in [-0.3, -0.25) is 4.79 Å². The first-order valence-electron chi connectivity index (χ1n) is 13.8. The summed E-state index contributed by atoms with van der Waals surface area (Å²) in [5, 5.41) is 8.60. The van der Waals surface area contributed by atoms with Gasteiger partial charge in [0.2, 0.25) is 0 Å². The van der Waals surface area contributed by atoms with Crippen molar-refractivity contribution in [2.24, 2.45) is 0 Å². The number of hydrogen-bond acceptors (Lipinski definition) is 1. The van der Waals surface area contributed by atoms with Crippen molar-refractivity contribution in [3.63, 3.8) is 0 Å². The molecule has 0 spiro atoms. The molecule has 0 atom stereocenters. The van der Waals surface area contributed by atoms with Crippen LogP contribution in [0.25, 0.3) is 0 Å². The largest absolute Gasteiger partial charge is 0.481 e. The predicted octanol–water partition coefficient (Wildman–Crippen LogP) is 10.2. The molecule has 0 aromatic carbocycles. The number of unbranched alkanes of at least 4 members (excludes halogenated alkanes) is 19. The van der Waals surface area contributed by atoms with Gasteiger partial charge in [-0.2, -0.15) is 0 Å². The summed E-state index contributed by atoms with van der Waals surface area (Å²) in [4.78, 5) is 10.4. The highest BCUT2D eigenvalue weighted by atomic mass is 16.4. The molecule has 0 saturated heterocycles. The molecule has 0 unspecified atom stereocenters. The molecule has 0 heterocycles. The highest BCUT2D eigenvalue weighted by molar-refractivity contribution is 5.66. The molecule has 0 aliphatic rings. The van der Waals surface area contributed by atoms with Gasteiger partial charge in [-0.05, 0) is 32.1 Å². The number of carbonyl (C=O) groups is 1. The number of carboxylic acid groups (broad SMARTS) is 1. The van der Waals surface area contributed by atoms with Crippen LogP contribution in [-0.4, -0.2) is 11.1 Å². The monoisotopic (exact) mass is 434 g/mol. The topological polar surface area (TPSA) is 37.3 Å². The molecular weight excluding hydrogens is 380 g/mol. The zero-order valence-corrected chi connectivity index (χ0v) is 20.9. The van der Waals surface area contributed by atoms with Gasteiger partial charge in [0.05, 0.1) is 0 Å². The van der Waals surface area contributed by atoms with Gasteiger partial charge in [0.25, 0.3) is 0 Å². The van der Waals surface area contributed by atoms with E-state index in [2.05, 4.69) is 31.2 Å². The van der Waals surface area contributed by atoms with Crippen molar-refractivity contribution < 1.29 is 9.90 Å². The van der Waals surface area contributed by atoms with E-state index in [4.69, 9.17) is 5.11 Å². The first-order valence-corrected chi connectivity index (χ1v) is 13.8. The Balaban J connectivity index is 3.09. The van der Waals surface area contributed by atoms with Crippen LogP contribution in [0.15, 0.2) is 24.3 Å². The zero-order valence-electron chi connectivity index (χ0n) is 20.9.